The van der Waals surface area contributed by atoms with Crippen LogP contribution in [0.5, 0.6) is 0 Å². The second kappa shape index (κ2) is 3.69. The van der Waals surface area contributed by atoms with Crippen molar-refractivity contribution in [2.45, 2.75) is 25.5 Å². The lowest BCUT2D eigenvalue weighted by Crippen LogP contribution is -2.49. The summed E-state index contributed by atoms with van der Waals surface area (Å²) in [4.78, 5) is 11.0. The van der Waals surface area contributed by atoms with E-state index >= 15 is 0 Å². The van der Waals surface area contributed by atoms with Gasteiger partial charge >= 0.3 is 5.97 Å². The zero-order valence-corrected chi connectivity index (χ0v) is 6.54. The normalized spacial score (nSPS) is 31.6. The van der Waals surface area contributed by atoms with Crippen molar-refractivity contribution < 1.29 is 14.6 Å². The molecule has 1 saturated heterocycles. The minimum absolute atomic E-state index is 0.0150. The second-order valence-electron chi connectivity index (χ2n) is 2.72. The molecule has 2 atom stereocenters. The molecule has 1 heterocycles. The SMILES string of the molecule is CC1CNC(CCO)C(=O)O1. The number of morpholine rings is 1. The quantitative estimate of drug-likeness (QED) is 0.522. The molecule has 64 valence electrons. The number of esters is 1. The fourth-order valence-electron chi connectivity index (χ4n) is 1.06. The van der Waals surface area contributed by atoms with Gasteiger partial charge in [-0.25, -0.2) is 0 Å². The van der Waals surface area contributed by atoms with E-state index in [0.29, 0.717) is 13.0 Å². The molecule has 4 heteroatoms. The molecule has 0 radical (unpaired) electrons. The molecule has 0 aliphatic carbocycles. The Balaban J connectivity index is 2.38. The van der Waals surface area contributed by atoms with Crippen LogP contribution in [0.2, 0.25) is 0 Å². The summed E-state index contributed by atoms with van der Waals surface area (Å²) < 4.78 is 4.94. The predicted molar refractivity (Wildman–Crippen MR) is 39.0 cm³/mol. The third kappa shape index (κ3) is 2.17. The summed E-state index contributed by atoms with van der Waals surface area (Å²) in [5.74, 6) is -0.252. The average Bonchev–Trinajstić information content (AvgIpc) is 1.95. The number of ether oxygens (including phenoxy) is 1. The highest BCUT2D eigenvalue weighted by Gasteiger charge is 2.26. The number of carbonyl (C=O) groups is 1. The molecule has 1 aliphatic rings. The van der Waals surface area contributed by atoms with Crippen LogP contribution in [0.25, 0.3) is 0 Å². The van der Waals surface area contributed by atoms with Gasteiger partial charge in [-0.1, -0.05) is 0 Å². The third-order valence-corrected chi connectivity index (χ3v) is 1.67. The van der Waals surface area contributed by atoms with E-state index in [0.717, 1.165) is 0 Å². The van der Waals surface area contributed by atoms with Gasteiger partial charge in [-0.15, -0.1) is 0 Å². The van der Waals surface area contributed by atoms with E-state index in [-0.39, 0.29) is 24.7 Å². The molecule has 0 aromatic rings. The lowest BCUT2D eigenvalue weighted by molar-refractivity contribution is -0.155. The van der Waals surface area contributed by atoms with Crippen LogP contribution in [-0.4, -0.2) is 36.4 Å². The van der Waals surface area contributed by atoms with Gasteiger partial charge in [0.1, 0.15) is 12.1 Å². The zero-order valence-electron chi connectivity index (χ0n) is 6.54. The minimum Gasteiger partial charge on any atom is -0.460 e. The highest BCUT2D eigenvalue weighted by molar-refractivity contribution is 5.76. The first-order valence-electron chi connectivity index (χ1n) is 3.78. The lowest BCUT2D eigenvalue weighted by atomic mass is 10.2. The topological polar surface area (TPSA) is 58.6 Å². The van der Waals surface area contributed by atoms with Crippen LogP contribution in [0, 0.1) is 0 Å². The average molecular weight is 159 g/mol. The number of nitrogens with one attached hydrogen (secondary N) is 1. The number of rotatable bonds is 2. The number of cyclic esters (lactones) is 1. The Morgan fingerprint density at radius 3 is 3.09 bits per heavy atom. The van der Waals surface area contributed by atoms with E-state index in [1.165, 1.54) is 0 Å². The molecule has 1 aliphatic heterocycles. The summed E-state index contributed by atoms with van der Waals surface area (Å²) in [6, 6.07) is -0.309. The Kier molecular flexibility index (Phi) is 2.84. The van der Waals surface area contributed by atoms with E-state index in [4.69, 9.17) is 9.84 Å². The van der Waals surface area contributed by atoms with Crippen molar-refractivity contribution in [1.29, 1.82) is 0 Å². The van der Waals surface area contributed by atoms with Crippen LogP contribution in [-0.2, 0) is 9.53 Å². The molecular weight excluding hydrogens is 146 g/mol. The van der Waals surface area contributed by atoms with Crippen molar-refractivity contribution in [3.05, 3.63) is 0 Å². The molecule has 0 spiro atoms. The van der Waals surface area contributed by atoms with Crippen LogP contribution in [0.3, 0.4) is 0 Å². The molecule has 0 saturated carbocycles. The molecule has 11 heavy (non-hydrogen) atoms. The first-order chi connectivity index (χ1) is 5.24. The fourth-order valence-corrected chi connectivity index (χ4v) is 1.06. The van der Waals surface area contributed by atoms with Crippen molar-refractivity contribution in [2.24, 2.45) is 0 Å². The van der Waals surface area contributed by atoms with Gasteiger partial charge in [0.2, 0.25) is 0 Å². The summed E-state index contributed by atoms with van der Waals surface area (Å²) in [5.41, 5.74) is 0. The lowest BCUT2D eigenvalue weighted by Gasteiger charge is -2.26. The molecule has 1 rings (SSSR count). The highest BCUT2D eigenvalue weighted by Crippen LogP contribution is 2.04. The molecule has 4 nitrogen and oxygen atoms in total. The second-order valence-corrected chi connectivity index (χ2v) is 2.72. The Hall–Kier alpha value is -0.610. The van der Waals surface area contributed by atoms with Gasteiger partial charge < -0.3 is 15.2 Å². The molecule has 2 unspecified atom stereocenters. The number of carbonyl (C=O) groups excluding carboxylic acids is 1. The summed E-state index contributed by atoms with van der Waals surface area (Å²) in [6.45, 7) is 2.53. The highest BCUT2D eigenvalue weighted by atomic mass is 16.5. The molecule has 1 fully saturated rings. The molecule has 2 N–H and O–H groups in total. The first kappa shape index (κ1) is 8.49. The van der Waals surface area contributed by atoms with E-state index in [2.05, 4.69) is 5.32 Å². The van der Waals surface area contributed by atoms with Gasteiger partial charge in [-0.05, 0) is 13.3 Å². The Labute approximate surface area is 65.5 Å². The summed E-state index contributed by atoms with van der Waals surface area (Å²) >= 11 is 0. The molecule has 0 bridgehead atoms. The minimum atomic E-state index is -0.309. The van der Waals surface area contributed by atoms with Gasteiger partial charge in [-0.3, -0.25) is 4.79 Å². The van der Waals surface area contributed by atoms with Crippen molar-refractivity contribution in [3.8, 4) is 0 Å². The van der Waals surface area contributed by atoms with E-state index < -0.39 is 0 Å². The summed E-state index contributed by atoms with van der Waals surface area (Å²) in [6.07, 6.45) is 0.392. The van der Waals surface area contributed by atoms with Gasteiger partial charge in [0, 0.05) is 13.2 Å². The molecule has 0 amide bonds. The van der Waals surface area contributed by atoms with Gasteiger partial charge in [0.15, 0.2) is 0 Å². The maximum Gasteiger partial charge on any atom is 0.323 e. The molecular formula is C7H13NO3. The molecule has 0 aromatic carbocycles. The van der Waals surface area contributed by atoms with Crippen molar-refractivity contribution in [3.63, 3.8) is 0 Å². The van der Waals surface area contributed by atoms with Crippen LogP contribution < -0.4 is 5.32 Å². The number of aliphatic hydroxyl groups is 1. The number of aliphatic hydroxyl groups excluding tert-OH is 1. The maximum atomic E-state index is 11.0. The monoisotopic (exact) mass is 159 g/mol. The zero-order chi connectivity index (χ0) is 8.27. The number of hydrogen-bond acceptors (Lipinski definition) is 4. The number of hydrogen-bond donors (Lipinski definition) is 2. The standard InChI is InChI=1S/C7H13NO3/c1-5-4-8-6(2-3-9)7(10)11-5/h5-6,8-9H,2-4H2,1H3. The van der Waals surface area contributed by atoms with Crippen LogP contribution in [0.1, 0.15) is 13.3 Å². The van der Waals surface area contributed by atoms with E-state index in [9.17, 15) is 4.79 Å². The summed E-state index contributed by atoms with van der Waals surface area (Å²) in [7, 11) is 0. The van der Waals surface area contributed by atoms with Crippen molar-refractivity contribution in [1.82, 2.24) is 5.32 Å². The van der Waals surface area contributed by atoms with Gasteiger partial charge in [0.05, 0.1) is 0 Å². The molecule has 0 aromatic heterocycles. The predicted octanol–water partition coefficient (Wildman–Crippen LogP) is -0.728. The van der Waals surface area contributed by atoms with E-state index in [1.807, 2.05) is 6.92 Å². The van der Waals surface area contributed by atoms with Crippen LogP contribution >= 0.6 is 0 Å². The van der Waals surface area contributed by atoms with Gasteiger partial charge in [0.25, 0.3) is 0 Å². The first-order valence-corrected chi connectivity index (χ1v) is 3.78. The Morgan fingerprint density at radius 2 is 2.55 bits per heavy atom. The third-order valence-electron chi connectivity index (χ3n) is 1.67. The Morgan fingerprint density at radius 1 is 1.82 bits per heavy atom. The fraction of sp³-hybridized carbons (Fsp3) is 0.857. The van der Waals surface area contributed by atoms with Crippen molar-refractivity contribution in [2.75, 3.05) is 13.2 Å². The van der Waals surface area contributed by atoms with E-state index in [1.54, 1.807) is 0 Å². The largest absolute Gasteiger partial charge is 0.460 e. The maximum absolute atomic E-state index is 11.0. The van der Waals surface area contributed by atoms with Gasteiger partial charge in [-0.2, -0.15) is 0 Å². The van der Waals surface area contributed by atoms with Crippen LogP contribution in [0.4, 0.5) is 0 Å². The van der Waals surface area contributed by atoms with Crippen molar-refractivity contribution >= 4 is 5.97 Å². The Bertz CT molecular complexity index is 149. The van der Waals surface area contributed by atoms with Crippen LogP contribution in [0.15, 0.2) is 0 Å². The summed E-state index contributed by atoms with van der Waals surface area (Å²) in [5, 5.41) is 11.5. The smallest absolute Gasteiger partial charge is 0.323 e.